The first kappa shape index (κ1) is 12.0. The molecule has 1 atom stereocenters. The number of likely N-dealkylation sites (N-methyl/N-ethyl adjacent to an activating group) is 1. The van der Waals surface area contributed by atoms with E-state index in [0.29, 0.717) is 0 Å². The van der Waals surface area contributed by atoms with Crippen LogP contribution < -0.4 is 0 Å². The molecular weight excluding hydrogens is 194 g/mol. The highest BCUT2D eigenvalue weighted by molar-refractivity contribution is 5.73. The number of hydrogen-bond acceptors (Lipinski definition) is 4. The minimum Gasteiger partial charge on any atom is -0.480 e. The van der Waals surface area contributed by atoms with E-state index in [1.165, 1.54) is 0 Å². The zero-order valence-corrected chi connectivity index (χ0v) is 9.02. The van der Waals surface area contributed by atoms with E-state index in [-0.39, 0.29) is 6.42 Å². The largest absolute Gasteiger partial charge is 0.480 e. The van der Waals surface area contributed by atoms with Crippen molar-refractivity contribution in [2.75, 3.05) is 32.7 Å². The van der Waals surface area contributed by atoms with E-state index >= 15 is 0 Å². The molecule has 0 aromatic carbocycles. The molecule has 1 aliphatic heterocycles. The number of aliphatic carboxylic acids is 1. The number of hydrogen-bond donors (Lipinski definition) is 1. The average Bonchev–Trinajstić information content (AvgIpc) is 2.26. The minimum atomic E-state index is -0.888. The molecule has 5 nitrogen and oxygen atoms in total. The van der Waals surface area contributed by atoms with Gasteiger partial charge in [-0.05, 0) is 6.54 Å². The highest BCUT2D eigenvalue weighted by atomic mass is 16.4. The lowest BCUT2D eigenvalue weighted by molar-refractivity contribution is -0.143. The third-order valence-corrected chi connectivity index (χ3v) is 2.86. The van der Waals surface area contributed by atoms with Crippen molar-refractivity contribution < 1.29 is 9.90 Å². The van der Waals surface area contributed by atoms with Crippen molar-refractivity contribution in [3.05, 3.63) is 0 Å². The van der Waals surface area contributed by atoms with E-state index in [1.54, 1.807) is 0 Å². The number of carbonyl (C=O) groups is 1. The summed E-state index contributed by atoms with van der Waals surface area (Å²) in [5, 5.41) is 17.5. The topological polar surface area (TPSA) is 67.6 Å². The van der Waals surface area contributed by atoms with E-state index in [0.717, 1.165) is 32.7 Å². The fourth-order valence-corrected chi connectivity index (χ4v) is 1.85. The lowest BCUT2D eigenvalue weighted by Gasteiger charge is -2.36. The molecule has 1 aliphatic rings. The summed E-state index contributed by atoms with van der Waals surface area (Å²) >= 11 is 0. The molecule has 0 aliphatic carbocycles. The Bertz CT molecular complexity index is 254. The third kappa shape index (κ3) is 3.18. The van der Waals surface area contributed by atoms with Gasteiger partial charge in [-0.2, -0.15) is 5.26 Å². The summed E-state index contributed by atoms with van der Waals surface area (Å²) in [6.07, 6.45) is 0.0709. The van der Waals surface area contributed by atoms with Crippen molar-refractivity contribution in [2.45, 2.75) is 19.4 Å². The summed E-state index contributed by atoms with van der Waals surface area (Å²) in [4.78, 5) is 15.1. The molecule has 0 radical (unpaired) electrons. The van der Waals surface area contributed by atoms with Crippen molar-refractivity contribution in [1.29, 1.82) is 5.26 Å². The number of nitriles is 1. The first-order chi connectivity index (χ1) is 7.19. The van der Waals surface area contributed by atoms with Gasteiger partial charge in [0.1, 0.15) is 6.04 Å². The van der Waals surface area contributed by atoms with Crippen molar-refractivity contribution >= 4 is 5.97 Å². The second-order valence-electron chi connectivity index (χ2n) is 3.69. The van der Waals surface area contributed by atoms with Gasteiger partial charge in [0.2, 0.25) is 0 Å². The van der Waals surface area contributed by atoms with Crippen LogP contribution in [0.4, 0.5) is 0 Å². The third-order valence-electron chi connectivity index (χ3n) is 2.86. The zero-order valence-electron chi connectivity index (χ0n) is 9.02. The van der Waals surface area contributed by atoms with E-state index in [4.69, 9.17) is 10.4 Å². The van der Waals surface area contributed by atoms with E-state index in [9.17, 15) is 4.79 Å². The Kier molecular flexibility index (Phi) is 4.53. The van der Waals surface area contributed by atoms with Crippen LogP contribution >= 0.6 is 0 Å². The maximum absolute atomic E-state index is 10.9. The minimum absolute atomic E-state index is 0.0709. The van der Waals surface area contributed by atoms with E-state index < -0.39 is 12.0 Å². The first-order valence-electron chi connectivity index (χ1n) is 5.25. The quantitative estimate of drug-likeness (QED) is 0.708. The normalized spacial score (nSPS) is 20.8. The lowest BCUT2D eigenvalue weighted by Crippen LogP contribution is -2.52. The van der Waals surface area contributed by atoms with Crippen LogP contribution in [0.25, 0.3) is 0 Å². The summed E-state index contributed by atoms with van der Waals surface area (Å²) in [6, 6.07) is 1.30. The number of nitrogens with zero attached hydrogens (tertiary/aromatic N) is 3. The summed E-state index contributed by atoms with van der Waals surface area (Å²) in [6.45, 7) is 6.37. The van der Waals surface area contributed by atoms with E-state index in [2.05, 4.69) is 11.8 Å². The number of rotatable bonds is 4. The van der Waals surface area contributed by atoms with Crippen molar-refractivity contribution in [3.8, 4) is 6.07 Å². The summed E-state index contributed by atoms with van der Waals surface area (Å²) in [5.74, 6) is -0.888. The summed E-state index contributed by atoms with van der Waals surface area (Å²) in [5.41, 5.74) is 0. The van der Waals surface area contributed by atoms with Crippen LogP contribution in [0, 0.1) is 11.3 Å². The summed E-state index contributed by atoms with van der Waals surface area (Å²) < 4.78 is 0. The van der Waals surface area contributed by atoms with Crippen LogP contribution in [0.2, 0.25) is 0 Å². The van der Waals surface area contributed by atoms with Gasteiger partial charge in [-0.3, -0.25) is 9.69 Å². The van der Waals surface area contributed by atoms with Gasteiger partial charge in [0.05, 0.1) is 12.5 Å². The molecule has 0 amide bonds. The maximum atomic E-state index is 10.9. The Morgan fingerprint density at radius 3 is 2.47 bits per heavy atom. The standard InChI is InChI=1S/C10H17N3O2/c1-2-12-5-7-13(8-6-12)9(3-4-11)10(14)15/h9H,2-3,5-8H2,1H3,(H,14,15). The molecule has 1 heterocycles. The highest BCUT2D eigenvalue weighted by Crippen LogP contribution is 2.09. The van der Waals surface area contributed by atoms with Crippen LogP contribution in [0.5, 0.6) is 0 Å². The van der Waals surface area contributed by atoms with Crippen molar-refractivity contribution in [1.82, 2.24) is 9.80 Å². The van der Waals surface area contributed by atoms with Gasteiger partial charge in [0.25, 0.3) is 0 Å². The molecule has 1 fully saturated rings. The smallest absolute Gasteiger partial charge is 0.321 e. The highest BCUT2D eigenvalue weighted by Gasteiger charge is 2.27. The summed E-state index contributed by atoms with van der Waals surface area (Å²) in [7, 11) is 0. The molecule has 0 aromatic rings. The molecular formula is C10H17N3O2. The second-order valence-corrected chi connectivity index (χ2v) is 3.69. The number of piperazine rings is 1. The van der Waals surface area contributed by atoms with Gasteiger partial charge in [-0.15, -0.1) is 0 Å². The van der Waals surface area contributed by atoms with Gasteiger partial charge in [0, 0.05) is 26.2 Å². The average molecular weight is 211 g/mol. The fourth-order valence-electron chi connectivity index (χ4n) is 1.85. The fraction of sp³-hybridized carbons (Fsp3) is 0.800. The van der Waals surface area contributed by atoms with Gasteiger partial charge < -0.3 is 10.0 Å². The first-order valence-corrected chi connectivity index (χ1v) is 5.25. The Hall–Kier alpha value is -1.12. The van der Waals surface area contributed by atoms with Gasteiger partial charge >= 0.3 is 5.97 Å². The number of carboxylic acid groups (broad SMARTS) is 1. The van der Waals surface area contributed by atoms with Crippen LogP contribution in [0.1, 0.15) is 13.3 Å². The molecule has 0 bridgehead atoms. The number of carboxylic acids is 1. The second kappa shape index (κ2) is 5.69. The SMILES string of the molecule is CCN1CCN(C(CC#N)C(=O)O)CC1. The zero-order chi connectivity index (χ0) is 11.3. The van der Waals surface area contributed by atoms with Gasteiger partial charge in [-0.1, -0.05) is 6.92 Å². The van der Waals surface area contributed by atoms with Crippen LogP contribution in [-0.4, -0.2) is 59.6 Å². The molecule has 0 saturated carbocycles. The predicted molar refractivity (Wildman–Crippen MR) is 55.3 cm³/mol. The predicted octanol–water partition coefficient (Wildman–Crippen LogP) is -0.00922. The Labute approximate surface area is 89.9 Å². The van der Waals surface area contributed by atoms with Gasteiger partial charge in [-0.25, -0.2) is 0 Å². The molecule has 0 spiro atoms. The Morgan fingerprint density at radius 2 is 2.07 bits per heavy atom. The van der Waals surface area contributed by atoms with Gasteiger partial charge in [0.15, 0.2) is 0 Å². The molecule has 0 aromatic heterocycles. The van der Waals surface area contributed by atoms with Crippen LogP contribution in [0.3, 0.4) is 0 Å². The molecule has 1 saturated heterocycles. The molecule has 15 heavy (non-hydrogen) atoms. The molecule has 1 unspecified atom stereocenters. The molecule has 1 N–H and O–H groups in total. The van der Waals surface area contributed by atoms with Crippen molar-refractivity contribution in [2.24, 2.45) is 0 Å². The molecule has 5 heteroatoms. The Balaban J connectivity index is 2.49. The Morgan fingerprint density at radius 1 is 1.47 bits per heavy atom. The monoisotopic (exact) mass is 211 g/mol. The van der Waals surface area contributed by atoms with Crippen LogP contribution in [0.15, 0.2) is 0 Å². The molecule has 84 valence electrons. The molecule has 1 rings (SSSR count). The van der Waals surface area contributed by atoms with E-state index in [1.807, 2.05) is 11.0 Å². The maximum Gasteiger partial charge on any atom is 0.321 e. The van der Waals surface area contributed by atoms with Crippen molar-refractivity contribution in [3.63, 3.8) is 0 Å². The lowest BCUT2D eigenvalue weighted by atomic mass is 10.1. The van der Waals surface area contributed by atoms with Crippen LogP contribution in [-0.2, 0) is 4.79 Å².